The molecule has 1 nitrogen and oxygen atoms in total. The predicted octanol–water partition coefficient (Wildman–Crippen LogP) is 4.56. The second kappa shape index (κ2) is 5.77. The molecule has 1 aliphatic heterocycles. The van der Waals surface area contributed by atoms with Gasteiger partial charge in [-0.2, -0.15) is 0 Å². The van der Waals surface area contributed by atoms with E-state index in [9.17, 15) is 0 Å². The summed E-state index contributed by atoms with van der Waals surface area (Å²) in [6, 6.07) is 7.08. The summed E-state index contributed by atoms with van der Waals surface area (Å²) < 4.78 is 0. The van der Waals surface area contributed by atoms with Crippen molar-refractivity contribution in [2.45, 2.75) is 57.8 Å². The summed E-state index contributed by atoms with van der Waals surface area (Å²) in [4.78, 5) is 0. The Bertz CT molecular complexity index is 391. The Kier molecular flexibility index (Phi) is 3.87. The fraction of sp³-hybridized carbons (Fsp3) is 0.647. The third-order valence-electron chi connectivity index (χ3n) is 4.67. The summed E-state index contributed by atoms with van der Waals surface area (Å²) in [5.41, 5.74) is 4.48. The molecule has 1 heterocycles. The van der Waals surface area contributed by atoms with Crippen LogP contribution < -0.4 is 5.32 Å². The molecule has 0 unspecified atom stereocenters. The second-order valence-corrected chi connectivity index (χ2v) is 6.06. The fourth-order valence-electron chi connectivity index (χ4n) is 3.53. The van der Waals surface area contributed by atoms with Crippen molar-refractivity contribution in [2.24, 2.45) is 5.92 Å². The number of rotatable bonds is 3. The largest absolute Gasteiger partial charge is 0.385 e. The van der Waals surface area contributed by atoms with E-state index in [1.807, 2.05) is 0 Å². The normalized spacial score (nSPS) is 20.2. The maximum atomic E-state index is 3.50. The molecule has 1 fully saturated rings. The Morgan fingerprint density at radius 2 is 1.94 bits per heavy atom. The molecule has 1 aromatic rings. The van der Waals surface area contributed by atoms with Crippen LogP contribution in [0.1, 0.15) is 56.1 Å². The minimum atomic E-state index is 1.01. The monoisotopic (exact) mass is 243 g/mol. The highest BCUT2D eigenvalue weighted by Gasteiger charge is 2.14. The molecule has 98 valence electrons. The number of hydrogen-bond donors (Lipinski definition) is 1. The van der Waals surface area contributed by atoms with Crippen molar-refractivity contribution in [1.29, 1.82) is 0 Å². The van der Waals surface area contributed by atoms with E-state index in [4.69, 9.17) is 0 Å². The second-order valence-electron chi connectivity index (χ2n) is 6.06. The molecule has 1 aliphatic carbocycles. The van der Waals surface area contributed by atoms with Gasteiger partial charge >= 0.3 is 0 Å². The van der Waals surface area contributed by atoms with Gasteiger partial charge in [0.1, 0.15) is 0 Å². The molecule has 0 amide bonds. The first-order chi connectivity index (χ1) is 8.92. The van der Waals surface area contributed by atoms with Crippen LogP contribution in [0.25, 0.3) is 0 Å². The molecule has 2 aliphatic rings. The average molecular weight is 243 g/mol. The summed E-state index contributed by atoms with van der Waals surface area (Å²) in [6.07, 6.45) is 12.6. The van der Waals surface area contributed by atoms with Crippen molar-refractivity contribution >= 4 is 5.69 Å². The van der Waals surface area contributed by atoms with Crippen LogP contribution in [0.5, 0.6) is 0 Å². The van der Waals surface area contributed by atoms with Crippen LogP contribution in [0.4, 0.5) is 5.69 Å². The van der Waals surface area contributed by atoms with Gasteiger partial charge in [0.05, 0.1) is 0 Å². The third kappa shape index (κ3) is 2.88. The van der Waals surface area contributed by atoms with Crippen LogP contribution in [-0.2, 0) is 12.8 Å². The van der Waals surface area contributed by atoms with Crippen LogP contribution in [-0.4, -0.2) is 6.54 Å². The maximum absolute atomic E-state index is 3.50. The lowest BCUT2D eigenvalue weighted by atomic mass is 9.85. The van der Waals surface area contributed by atoms with Gasteiger partial charge in [-0.1, -0.05) is 44.2 Å². The zero-order valence-electron chi connectivity index (χ0n) is 11.4. The van der Waals surface area contributed by atoms with Crippen molar-refractivity contribution in [2.75, 3.05) is 11.9 Å². The number of aryl methyl sites for hydroxylation is 2. The topological polar surface area (TPSA) is 12.0 Å². The quantitative estimate of drug-likeness (QED) is 0.820. The molecule has 3 rings (SSSR count). The van der Waals surface area contributed by atoms with Gasteiger partial charge in [-0.15, -0.1) is 0 Å². The number of hydrogen-bond acceptors (Lipinski definition) is 1. The lowest BCUT2D eigenvalue weighted by molar-refractivity contribution is 0.339. The zero-order chi connectivity index (χ0) is 12.2. The third-order valence-corrected chi connectivity index (χ3v) is 4.67. The summed E-state index contributed by atoms with van der Waals surface area (Å²) in [5, 5.41) is 3.50. The predicted molar refractivity (Wildman–Crippen MR) is 78.1 cm³/mol. The molecule has 0 atom stereocenters. The Morgan fingerprint density at radius 1 is 1.06 bits per heavy atom. The van der Waals surface area contributed by atoms with Gasteiger partial charge in [0.25, 0.3) is 0 Å². The molecule has 0 spiro atoms. The van der Waals surface area contributed by atoms with Crippen LogP contribution >= 0.6 is 0 Å². The molecular weight excluding hydrogens is 218 g/mol. The summed E-state index contributed by atoms with van der Waals surface area (Å²) in [6.45, 7) is 1.15. The number of anilines is 1. The van der Waals surface area contributed by atoms with E-state index in [-0.39, 0.29) is 0 Å². The van der Waals surface area contributed by atoms with Gasteiger partial charge in [0, 0.05) is 12.2 Å². The van der Waals surface area contributed by atoms with E-state index in [0.717, 1.165) is 12.5 Å². The molecule has 1 saturated carbocycles. The Morgan fingerprint density at radius 3 is 2.83 bits per heavy atom. The van der Waals surface area contributed by atoms with Crippen molar-refractivity contribution < 1.29 is 0 Å². The molecule has 1 aromatic carbocycles. The van der Waals surface area contributed by atoms with E-state index < -0.39 is 0 Å². The molecule has 0 radical (unpaired) electrons. The van der Waals surface area contributed by atoms with Gasteiger partial charge in [-0.05, 0) is 48.8 Å². The van der Waals surface area contributed by atoms with Crippen molar-refractivity contribution in [3.8, 4) is 0 Å². The summed E-state index contributed by atoms with van der Waals surface area (Å²) >= 11 is 0. The first kappa shape index (κ1) is 12.1. The summed E-state index contributed by atoms with van der Waals surface area (Å²) in [7, 11) is 0. The average Bonchev–Trinajstić information content (AvgIpc) is 2.46. The molecule has 0 saturated heterocycles. The van der Waals surface area contributed by atoms with Crippen LogP contribution in [0.3, 0.4) is 0 Å². The van der Waals surface area contributed by atoms with Crippen molar-refractivity contribution in [1.82, 2.24) is 0 Å². The molecule has 18 heavy (non-hydrogen) atoms. The lowest BCUT2D eigenvalue weighted by Gasteiger charge is -2.22. The van der Waals surface area contributed by atoms with E-state index >= 15 is 0 Å². The zero-order valence-corrected chi connectivity index (χ0v) is 11.4. The maximum Gasteiger partial charge on any atom is 0.0372 e. The van der Waals surface area contributed by atoms with Gasteiger partial charge in [0.15, 0.2) is 0 Å². The van der Waals surface area contributed by atoms with Gasteiger partial charge in [0.2, 0.25) is 0 Å². The number of fused-ring (bicyclic) bond motifs is 1. The van der Waals surface area contributed by atoms with E-state index in [2.05, 4.69) is 23.5 Å². The Hall–Kier alpha value is -0.980. The van der Waals surface area contributed by atoms with Crippen LogP contribution in [0.2, 0.25) is 0 Å². The standard InChI is InChI=1S/C17H25N/c1-2-5-14(6-3-1)8-9-15-10-11-17-16(13-15)7-4-12-18-17/h10-11,13-14,18H,1-9,12H2. The summed E-state index contributed by atoms with van der Waals surface area (Å²) in [5.74, 6) is 1.01. The minimum Gasteiger partial charge on any atom is -0.385 e. The first-order valence-corrected chi connectivity index (χ1v) is 7.77. The number of benzene rings is 1. The molecule has 0 bridgehead atoms. The van der Waals surface area contributed by atoms with E-state index in [1.54, 1.807) is 11.1 Å². The van der Waals surface area contributed by atoms with Crippen molar-refractivity contribution in [3.63, 3.8) is 0 Å². The highest BCUT2D eigenvalue weighted by molar-refractivity contribution is 5.54. The fourth-order valence-corrected chi connectivity index (χ4v) is 3.53. The van der Waals surface area contributed by atoms with Gasteiger partial charge < -0.3 is 5.32 Å². The lowest BCUT2D eigenvalue weighted by Crippen LogP contribution is -2.12. The Balaban J connectivity index is 1.58. The minimum absolute atomic E-state index is 1.01. The Labute approximate surface area is 111 Å². The van der Waals surface area contributed by atoms with Gasteiger partial charge in [-0.25, -0.2) is 0 Å². The van der Waals surface area contributed by atoms with E-state index in [0.29, 0.717) is 0 Å². The smallest absolute Gasteiger partial charge is 0.0372 e. The molecular formula is C17H25N. The van der Waals surface area contributed by atoms with Gasteiger partial charge in [-0.3, -0.25) is 0 Å². The molecule has 1 N–H and O–H groups in total. The first-order valence-electron chi connectivity index (χ1n) is 7.77. The van der Waals surface area contributed by atoms with Crippen LogP contribution in [0.15, 0.2) is 18.2 Å². The molecule has 1 heteroatoms. The molecule has 0 aromatic heterocycles. The van der Waals surface area contributed by atoms with E-state index in [1.165, 1.54) is 63.5 Å². The van der Waals surface area contributed by atoms with Crippen molar-refractivity contribution in [3.05, 3.63) is 29.3 Å². The highest BCUT2D eigenvalue weighted by Crippen LogP contribution is 2.29. The number of nitrogens with one attached hydrogen (secondary N) is 1. The highest BCUT2D eigenvalue weighted by atomic mass is 14.9. The van der Waals surface area contributed by atoms with Crippen LogP contribution in [0, 0.1) is 5.92 Å². The SMILES string of the molecule is c1cc2c(cc1CCC1CCCCC1)CCCN2.